The Hall–Kier alpha value is -0.000000000000000111. The number of aryl methyl sites for hydroxylation is 2. The number of hydrogen-bond acceptors (Lipinski definition) is 3. The molecule has 0 unspecified atom stereocenters. The lowest BCUT2D eigenvalue weighted by Gasteiger charge is -2.07. The molecule has 0 saturated carbocycles. The number of halogens is 1. The summed E-state index contributed by atoms with van der Waals surface area (Å²) in [6.07, 6.45) is 7.07. The van der Waals surface area contributed by atoms with Crippen LogP contribution in [0.15, 0.2) is 4.47 Å². The van der Waals surface area contributed by atoms with Crippen molar-refractivity contribution in [3.63, 3.8) is 0 Å². The van der Waals surface area contributed by atoms with Crippen LogP contribution in [0.1, 0.15) is 44.5 Å². The van der Waals surface area contributed by atoms with Gasteiger partial charge in [-0.3, -0.25) is 4.68 Å². The predicted molar refractivity (Wildman–Crippen MR) is 88.9 cm³/mol. The molecule has 1 N–H and O–H groups in total. The van der Waals surface area contributed by atoms with E-state index in [1.807, 2.05) is 11.8 Å². The lowest BCUT2D eigenvalue weighted by molar-refractivity contribution is 0.561. The van der Waals surface area contributed by atoms with Crippen LogP contribution < -0.4 is 5.32 Å². The Morgan fingerprint density at radius 2 is 2.05 bits per heavy atom. The molecule has 0 amide bonds. The minimum Gasteiger partial charge on any atom is -0.311 e. The molecule has 3 nitrogen and oxygen atoms in total. The molecule has 1 rings (SSSR count). The summed E-state index contributed by atoms with van der Waals surface area (Å²) in [7, 11) is 0. The molecule has 0 bridgehead atoms. The molecule has 0 fully saturated rings. The molecule has 0 saturated heterocycles. The summed E-state index contributed by atoms with van der Waals surface area (Å²) in [5, 5.41) is 8.15. The molecule has 5 heteroatoms. The van der Waals surface area contributed by atoms with Gasteiger partial charge in [-0.1, -0.05) is 13.3 Å². The van der Waals surface area contributed by atoms with Gasteiger partial charge in [0.1, 0.15) is 0 Å². The van der Waals surface area contributed by atoms with Gasteiger partial charge < -0.3 is 5.32 Å². The Kier molecular flexibility index (Phi) is 8.83. The predicted octanol–water partition coefficient (Wildman–Crippen LogP) is 3.85. The van der Waals surface area contributed by atoms with Gasteiger partial charge in [0.2, 0.25) is 0 Å². The number of unbranched alkanes of at least 4 members (excludes halogenated alkanes) is 2. The van der Waals surface area contributed by atoms with Crippen LogP contribution in [0.25, 0.3) is 0 Å². The molecule has 1 heterocycles. The van der Waals surface area contributed by atoms with Crippen LogP contribution in [-0.2, 0) is 19.5 Å². The van der Waals surface area contributed by atoms with Crippen molar-refractivity contribution in [2.75, 3.05) is 18.6 Å². The third-order valence-corrected chi connectivity index (χ3v) is 4.80. The monoisotopic (exact) mass is 347 g/mol. The average Bonchev–Trinajstić information content (AvgIpc) is 2.74. The van der Waals surface area contributed by atoms with E-state index in [1.165, 1.54) is 40.9 Å². The highest BCUT2D eigenvalue weighted by Crippen LogP contribution is 2.22. The molecular formula is C14H26BrN3S. The van der Waals surface area contributed by atoms with Gasteiger partial charge in [0, 0.05) is 13.1 Å². The maximum absolute atomic E-state index is 4.61. The van der Waals surface area contributed by atoms with Gasteiger partial charge in [-0.2, -0.15) is 16.9 Å². The van der Waals surface area contributed by atoms with Gasteiger partial charge in [0.15, 0.2) is 0 Å². The van der Waals surface area contributed by atoms with Gasteiger partial charge >= 0.3 is 0 Å². The summed E-state index contributed by atoms with van der Waals surface area (Å²) in [4.78, 5) is 0. The molecular weight excluding hydrogens is 322 g/mol. The molecule has 0 aromatic carbocycles. The van der Waals surface area contributed by atoms with Crippen LogP contribution in [0.2, 0.25) is 0 Å². The smallest absolute Gasteiger partial charge is 0.0767 e. The van der Waals surface area contributed by atoms with Crippen molar-refractivity contribution in [1.29, 1.82) is 0 Å². The maximum atomic E-state index is 4.61. The van der Waals surface area contributed by atoms with Crippen LogP contribution >= 0.6 is 27.7 Å². The SMILES string of the molecule is CCc1nn(CC)c(CNCCCCCSC)c1Br. The fourth-order valence-corrected chi connectivity index (χ4v) is 3.26. The fourth-order valence-electron chi connectivity index (χ4n) is 2.07. The molecule has 0 radical (unpaired) electrons. The van der Waals surface area contributed by atoms with Gasteiger partial charge in [-0.15, -0.1) is 0 Å². The average molecular weight is 348 g/mol. The highest BCUT2D eigenvalue weighted by atomic mass is 79.9. The fraction of sp³-hybridized carbons (Fsp3) is 0.786. The molecule has 19 heavy (non-hydrogen) atoms. The van der Waals surface area contributed by atoms with Crippen molar-refractivity contribution in [3.05, 3.63) is 15.9 Å². The Balaban J connectivity index is 2.34. The van der Waals surface area contributed by atoms with Crippen molar-refractivity contribution in [2.45, 2.75) is 52.6 Å². The summed E-state index contributed by atoms with van der Waals surface area (Å²) in [5.41, 5.74) is 2.45. The number of aromatic nitrogens is 2. The van der Waals surface area contributed by atoms with E-state index in [9.17, 15) is 0 Å². The van der Waals surface area contributed by atoms with Gasteiger partial charge in [-0.25, -0.2) is 0 Å². The largest absolute Gasteiger partial charge is 0.311 e. The first-order valence-electron chi connectivity index (χ1n) is 7.18. The molecule has 0 atom stereocenters. The summed E-state index contributed by atoms with van der Waals surface area (Å²) in [5.74, 6) is 1.29. The van der Waals surface area contributed by atoms with E-state index in [0.717, 1.165) is 26.1 Å². The summed E-state index contributed by atoms with van der Waals surface area (Å²) in [6.45, 7) is 7.23. The van der Waals surface area contributed by atoms with Crippen LogP contribution in [-0.4, -0.2) is 28.3 Å². The highest BCUT2D eigenvalue weighted by molar-refractivity contribution is 9.10. The minimum absolute atomic E-state index is 0.907. The third kappa shape index (κ3) is 5.48. The standard InChI is InChI=1S/C14H26BrN3S/c1-4-12-14(15)13(18(5-2)17-12)11-16-9-7-6-8-10-19-3/h16H,4-11H2,1-3H3. The van der Waals surface area contributed by atoms with Crippen molar-refractivity contribution in [2.24, 2.45) is 0 Å². The number of hydrogen-bond donors (Lipinski definition) is 1. The van der Waals surface area contributed by atoms with E-state index in [2.05, 4.69) is 51.1 Å². The molecule has 1 aromatic heterocycles. The number of nitrogens with zero attached hydrogens (tertiary/aromatic N) is 2. The normalized spacial score (nSPS) is 11.2. The van der Waals surface area contributed by atoms with E-state index in [4.69, 9.17) is 0 Å². The lowest BCUT2D eigenvalue weighted by Crippen LogP contribution is -2.18. The zero-order valence-electron chi connectivity index (χ0n) is 12.3. The molecule has 110 valence electrons. The first kappa shape index (κ1) is 17.1. The second kappa shape index (κ2) is 9.83. The van der Waals surface area contributed by atoms with E-state index < -0.39 is 0 Å². The van der Waals surface area contributed by atoms with E-state index in [-0.39, 0.29) is 0 Å². The molecule has 0 spiro atoms. The Labute approximate surface area is 130 Å². The Morgan fingerprint density at radius 3 is 2.68 bits per heavy atom. The van der Waals surface area contributed by atoms with Crippen molar-refractivity contribution >= 4 is 27.7 Å². The molecule has 1 aromatic rings. The Morgan fingerprint density at radius 1 is 1.26 bits per heavy atom. The summed E-state index contributed by atoms with van der Waals surface area (Å²) in [6, 6.07) is 0. The van der Waals surface area contributed by atoms with E-state index >= 15 is 0 Å². The Bertz CT molecular complexity index is 366. The minimum atomic E-state index is 0.907. The summed E-state index contributed by atoms with van der Waals surface area (Å²) < 4.78 is 3.29. The van der Waals surface area contributed by atoms with Gasteiger partial charge in [0.25, 0.3) is 0 Å². The number of thioether (sulfide) groups is 1. The first-order chi connectivity index (χ1) is 9.24. The van der Waals surface area contributed by atoms with E-state index in [0.29, 0.717) is 0 Å². The van der Waals surface area contributed by atoms with Gasteiger partial charge in [0.05, 0.1) is 15.9 Å². The number of nitrogens with one attached hydrogen (secondary N) is 1. The number of rotatable bonds is 10. The van der Waals surface area contributed by atoms with Crippen LogP contribution in [0, 0.1) is 0 Å². The second-order valence-corrected chi connectivity index (χ2v) is 6.39. The highest BCUT2D eigenvalue weighted by Gasteiger charge is 2.12. The van der Waals surface area contributed by atoms with Gasteiger partial charge in [-0.05, 0) is 60.7 Å². The van der Waals surface area contributed by atoms with Crippen LogP contribution in [0.5, 0.6) is 0 Å². The molecule has 0 aliphatic carbocycles. The lowest BCUT2D eigenvalue weighted by atomic mass is 10.2. The van der Waals surface area contributed by atoms with Crippen molar-refractivity contribution < 1.29 is 0 Å². The molecule has 0 aliphatic rings. The molecule has 0 aliphatic heterocycles. The second-order valence-electron chi connectivity index (χ2n) is 4.61. The third-order valence-electron chi connectivity index (χ3n) is 3.19. The van der Waals surface area contributed by atoms with E-state index in [1.54, 1.807) is 0 Å². The quantitative estimate of drug-likeness (QED) is 0.652. The summed E-state index contributed by atoms with van der Waals surface area (Å²) >= 11 is 5.62. The zero-order valence-corrected chi connectivity index (χ0v) is 14.7. The topological polar surface area (TPSA) is 29.9 Å². The van der Waals surface area contributed by atoms with Crippen LogP contribution in [0.3, 0.4) is 0 Å². The maximum Gasteiger partial charge on any atom is 0.0767 e. The van der Waals surface area contributed by atoms with Crippen molar-refractivity contribution in [3.8, 4) is 0 Å². The first-order valence-corrected chi connectivity index (χ1v) is 9.36. The zero-order chi connectivity index (χ0) is 14.1. The van der Waals surface area contributed by atoms with Crippen molar-refractivity contribution in [1.82, 2.24) is 15.1 Å². The van der Waals surface area contributed by atoms with Crippen LogP contribution in [0.4, 0.5) is 0 Å².